The number of nitrogens with one attached hydrogen (secondary N) is 1. The van der Waals surface area contributed by atoms with E-state index in [0.717, 1.165) is 0 Å². The summed E-state index contributed by atoms with van der Waals surface area (Å²) >= 11 is 0. The van der Waals surface area contributed by atoms with Crippen LogP contribution in [0.1, 0.15) is 11.1 Å². The first-order valence-electron chi connectivity index (χ1n) is 8.02. The second-order valence-corrected chi connectivity index (χ2v) is 5.52. The minimum atomic E-state index is -0.319. The van der Waals surface area contributed by atoms with Gasteiger partial charge >= 0.3 is 0 Å². The van der Waals surface area contributed by atoms with E-state index in [-0.39, 0.29) is 11.6 Å². The smallest absolute Gasteiger partial charge is 0.276 e. The van der Waals surface area contributed by atoms with Gasteiger partial charge in [0.2, 0.25) is 5.75 Å². The number of hydrogen-bond donors (Lipinski definition) is 1. The fourth-order valence-corrected chi connectivity index (χ4v) is 2.69. The molecule has 27 heavy (non-hydrogen) atoms. The zero-order chi connectivity index (χ0) is 19.4. The molecule has 8 heteroatoms. The molecule has 0 atom stereocenters. The van der Waals surface area contributed by atoms with Gasteiger partial charge in [-0.05, 0) is 30.3 Å². The van der Waals surface area contributed by atoms with Crippen LogP contribution in [0.2, 0.25) is 0 Å². The molecule has 0 unspecified atom stereocenters. The molecule has 2 aromatic carbocycles. The maximum atomic E-state index is 12.1. The van der Waals surface area contributed by atoms with Crippen LogP contribution in [-0.2, 0) is 4.79 Å². The van der Waals surface area contributed by atoms with E-state index in [0.29, 0.717) is 39.8 Å². The standard InChI is InChI=1S/C19H19N3O5/c1-24-12-5-6-14-13(9-12)17(19(23)21-14)22-20-10-11-7-15(25-2)18(27-4)16(8-11)26-3/h5-10H,1-4H3,(H,21,22,23)/b20-10+. The molecule has 0 saturated heterocycles. The molecule has 1 heterocycles. The Hall–Kier alpha value is -3.55. The van der Waals surface area contributed by atoms with Crippen molar-refractivity contribution in [2.75, 3.05) is 33.8 Å². The summed E-state index contributed by atoms with van der Waals surface area (Å²) in [7, 11) is 6.16. The first-order valence-corrected chi connectivity index (χ1v) is 8.02. The van der Waals surface area contributed by atoms with E-state index >= 15 is 0 Å². The molecule has 3 rings (SSSR count). The van der Waals surface area contributed by atoms with Gasteiger partial charge in [-0.25, -0.2) is 0 Å². The van der Waals surface area contributed by atoms with Gasteiger partial charge < -0.3 is 24.3 Å². The molecule has 0 aromatic heterocycles. The van der Waals surface area contributed by atoms with E-state index in [2.05, 4.69) is 15.5 Å². The van der Waals surface area contributed by atoms with Crippen molar-refractivity contribution in [1.29, 1.82) is 0 Å². The molecule has 140 valence electrons. The summed E-state index contributed by atoms with van der Waals surface area (Å²) in [4.78, 5) is 12.1. The highest BCUT2D eigenvalue weighted by atomic mass is 16.5. The fraction of sp³-hybridized carbons (Fsp3) is 0.211. The number of carbonyl (C=O) groups is 1. The largest absolute Gasteiger partial charge is 0.497 e. The highest BCUT2D eigenvalue weighted by molar-refractivity contribution is 6.53. The van der Waals surface area contributed by atoms with E-state index in [4.69, 9.17) is 18.9 Å². The molecule has 0 spiro atoms. The van der Waals surface area contributed by atoms with Crippen molar-refractivity contribution in [2.45, 2.75) is 0 Å². The molecular formula is C19H19N3O5. The quantitative estimate of drug-likeness (QED) is 0.624. The molecular weight excluding hydrogens is 350 g/mol. The summed E-state index contributed by atoms with van der Waals surface area (Å²) in [6.45, 7) is 0. The number of nitrogens with zero attached hydrogens (tertiary/aromatic N) is 2. The molecule has 0 bridgehead atoms. The van der Waals surface area contributed by atoms with E-state index < -0.39 is 0 Å². The lowest BCUT2D eigenvalue weighted by atomic mass is 10.1. The molecule has 0 radical (unpaired) electrons. The van der Waals surface area contributed by atoms with Gasteiger partial charge in [-0.3, -0.25) is 4.79 Å². The third kappa shape index (κ3) is 3.55. The molecule has 1 aliphatic heterocycles. The SMILES string of the molecule is COc1ccc2c(c1)/C(=N\N=C\c1cc(OC)c(OC)c(OC)c1)C(=O)N2. The molecule has 2 aromatic rings. The average molecular weight is 369 g/mol. The number of rotatable bonds is 6. The third-order valence-corrected chi connectivity index (χ3v) is 4.00. The van der Waals surface area contributed by atoms with E-state index in [1.165, 1.54) is 27.5 Å². The van der Waals surface area contributed by atoms with E-state index in [1.54, 1.807) is 37.4 Å². The van der Waals surface area contributed by atoms with Crippen molar-refractivity contribution in [2.24, 2.45) is 10.2 Å². The molecule has 0 saturated carbocycles. The van der Waals surface area contributed by atoms with Gasteiger partial charge in [-0.2, -0.15) is 5.10 Å². The van der Waals surface area contributed by atoms with Crippen LogP contribution in [0.5, 0.6) is 23.0 Å². The predicted molar refractivity (Wildman–Crippen MR) is 102 cm³/mol. The normalized spacial score (nSPS) is 14.2. The maximum absolute atomic E-state index is 12.1. The van der Waals surface area contributed by atoms with Gasteiger partial charge in [0.25, 0.3) is 5.91 Å². The van der Waals surface area contributed by atoms with Crippen LogP contribution in [0.15, 0.2) is 40.5 Å². The summed E-state index contributed by atoms with van der Waals surface area (Å²) in [5.41, 5.74) is 2.20. The molecule has 1 aliphatic rings. The Morgan fingerprint density at radius 3 is 2.22 bits per heavy atom. The number of ether oxygens (including phenoxy) is 4. The van der Waals surface area contributed by atoms with Gasteiger partial charge in [0.05, 0.1) is 40.3 Å². The van der Waals surface area contributed by atoms with E-state index in [1.807, 2.05) is 0 Å². The first-order chi connectivity index (χ1) is 13.1. The molecule has 1 N–H and O–H groups in total. The molecule has 0 aliphatic carbocycles. The van der Waals surface area contributed by atoms with Gasteiger partial charge in [0, 0.05) is 11.1 Å². The summed E-state index contributed by atoms with van der Waals surface area (Å²) in [6.07, 6.45) is 1.50. The van der Waals surface area contributed by atoms with Gasteiger partial charge in [0.1, 0.15) is 5.75 Å². The Bertz CT molecular complexity index is 912. The predicted octanol–water partition coefficient (Wildman–Crippen LogP) is 2.50. The Morgan fingerprint density at radius 1 is 0.926 bits per heavy atom. The highest BCUT2D eigenvalue weighted by Gasteiger charge is 2.26. The first kappa shape index (κ1) is 18.2. The second-order valence-electron chi connectivity index (χ2n) is 5.52. The monoisotopic (exact) mass is 369 g/mol. The lowest BCUT2D eigenvalue weighted by Crippen LogP contribution is -2.13. The van der Waals surface area contributed by atoms with Gasteiger partial charge in [-0.15, -0.1) is 5.10 Å². The zero-order valence-corrected chi connectivity index (χ0v) is 15.4. The van der Waals surface area contributed by atoms with Crippen LogP contribution >= 0.6 is 0 Å². The van der Waals surface area contributed by atoms with Gasteiger partial charge in [-0.1, -0.05) is 0 Å². The molecule has 8 nitrogen and oxygen atoms in total. The number of hydrogen-bond acceptors (Lipinski definition) is 7. The lowest BCUT2D eigenvalue weighted by Gasteiger charge is -2.12. The zero-order valence-electron chi connectivity index (χ0n) is 15.4. The fourth-order valence-electron chi connectivity index (χ4n) is 2.69. The third-order valence-electron chi connectivity index (χ3n) is 4.00. The minimum absolute atomic E-state index is 0.215. The number of anilines is 1. The van der Waals surface area contributed by atoms with Crippen LogP contribution in [-0.4, -0.2) is 46.3 Å². The Labute approximate surface area is 156 Å². The van der Waals surface area contributed by atoms with Crippen molar-refractivity contribution in [3.63, 3.8) is 0 Å². The van der Waals surface area contributed by atoms with E-state index in [9.17, 15) is 4.79 Å². The van der Waals surface area contributed by atoms with Crippen LogP contribution in [0, 0.1) is 0 Å². The van der Waals surface area contributed by atoms with Crippen molar-refractivity contribution in [3.05, 3.63) is 41.5 Å². The van der Waals surface area contributed by atoms with Crippen molar-refractivity contribution in [3.8, 4) is 23.0 Å². The summed E-state index contributed by atoms with van der Waals surface area (Å²) < 4.78 is 21.1. The Balaban J connectivity index is 1.93. The summed E-state index contributed by atoms with van der Waals surface area (Å²) in [5, 5.41) is 10.9. The minimum Gasteiger partial charge on any atom is -0.497 e. The van der Waals surface area contributed by atoms with Crippen molar-refractivity contribution >= 4 is 23.5 Å². The van der Waals surface area contributed by atoms with Crippen LogP contribution < -0.4 is 24.3 Å². The summed E-state index contributed by atoms with van der Waals surface area (Å²) in [6, 6.07) is 8.73. The maximum Gasteiger partial charge on any atom is 0.276 e. The Kier molecular flexibility index (Phi) is 5.25. The second kappa shape index (κ2) is 7.77. The van der Waals surface area contributed by atoms with Crippen molar-refractivity contribution in [1.82, 2.24) is 0 Å². The number of benzene rings is 2. The Morgan fingerprint density at radius 2 is 1.63 bits per heavy atom. The highest BCUT2D eigenvalue weighted by Crippen LogP contribution is 2.37. The topological polar surface area (TPSA) is 90.7 Å². The van der Waals surface area contributed by atoms with Gasteiger partial charge in [0.15, 0.2) is 17.2 Å². The van der Waals surface area contributed by atoms with Crippen molar-refractivity contribution < 1.29 is 23.7 Å². The number of methoxy groups -OCH3 is 4. The van der Waals surface area contributed by atoms with Crippen LogP contribution in [0.4, 0.5) is 5.69 Å². The average Bonchev–Trinajstić information content (AvgIpc) is 3.01. The van der Waals surface area contributed by atoms with Crippen LogP contribution in [0.3, 0.4) is 0 Å². The summed E-state index contributed by atoms with van der Waals surface area (Å²) in [5.74, 6) is 1.80. The molecule has 0 fully saturated rings. The lowest BCUT2D eigenvalue weighted by molar-refractivity contribution is -0.110. The number of amides is 1. The number of carbonyl (C=O) groups excluding carboxylic acids is 1. The van der Waals surface area contributed by atoms with Crippen LogP contribution in [0.25, 0.3) is 0 Å². The number of fused-ring (bicyclic) bond motifs is 1. The molecule has 1 amide bonds.